The molecule has 12 heteroatoms. The van der Waals surface area contributed by atoms with E-state index in [1.54, 1.807) is 36.5 Å². The van der Waals surface area contributed by atoms with Crippen LogP contribution in [0.4, 0.5) is 21.7 Å². The van der Waals surface area contributed by atoms with Crippen molar-refractivity contribution in [2.75, 3.05) is 29.1 Å². The number of aliphatic hydroxyl groups excluding tert-OH is 1. The first-order valence-corrected chi connectivity index (χ1v) is 10.7. The molecule has 0 spiro atoms. The molecule has 0 aliphatic carbocycles. The van der Waals surface area contributed by atoms with E-state index in [4.69, 9.17) is 15.0 Å². The zero-order valence-corrected chi connectivity index (χ0v) is 18.5. The number of nitrogens with one attached hydrogen (secondary N) is 1. The molecule has 2 amide bonds. The van der Waals surface area contributed by atoms with E-state index in [0.717, 1.165) is 0 Å². The van der Waals surface area contributed by atoms with Gasteiger partial charge in [-0.3, -0.25) is 14.5 Å². The molecule has 0 bridgehead atoms. The number of nitrogens with two attached hydrogens (primary N) is 1. The maximum atomic E-state index is 13.3. The van der Waals surface area contributed by atoms with E-state index >= 15 is 0 Å². The molecule has 1 aliphatic heterocycles. The lowest BCUT2D eigenvalue weighted by atomic mass is 9.94. The molecular formula is C23H21FN6O5. The van der Waals surface area contributed by atoms with Crippen molar-refractivity contribution in [3.8, 4) is 5.69 Å². The van der Waals surface area contributed by atoms with Crippen LogP contribution in [0.1, 0.15) is 6.92 Å². The minimum atomic E-state index is -1.86. The second-order valence-electron chi connectivity index (χ2n) is 8.18. The Morgan fingerprint density at radius 1 is 1.26 bits per heavy atom. The average Bonchev–Trinajstić information content (AvgIpc) is 3.48. The fourth-order valence-electron chi connectivity index (χ4n) is 3.89. The highest BCUT2D eigenvalue weighted by Gasteiger charge is 2.51. The molecule has 2 atom stereocenters. The number of hydrogen-bond donors (Lipinski definition) is 3. The minimum Gasteiger partial charge on any atom is -0.380 e. The first kappa shape index (κ1) is 22.5. The number of morpholine rings is 1. The number of fused-ring (bicyclic) bond motifs is 1. The number of benzene rings is 2. The van der Waals surface area contributed by atoms with Crippen molar-refractivity contribution >= 4 is 40.1 Å². The van der Waals surface area contributed by atoms with E-state index in [-0.39, 0.29) is 24.8 Å². The summed E-state index contributed by atoms with van der Waals surface area (Å²) in [5.41, 5.74) is 5.11. The van der Waals surface area contributed by atoms with Crippen LogP contribution in [0.5, 0.6) is 0 Å². The smallest absolute Gasteiger partial charge is 0.263 e. The summed E-state index contributed by atoms with van der Waals surface area (Å²) in [4.78, 5) is 27.5. The number of aliphatic hydroxyl groups is 1. The predicted octanol–water partition coefficient (Wildman–Crippen LogP) is 1.86. The van der Waals surface area contributed by atoms with Crippen LogP contribution in [0.2, 0.25) is 0 Å². The molecule has 1 aliphatic rings. The highest BCUT2D eigenvalue weighted by Crippen LogP contribution is 2.29. The molecule has 4 aromatic rings. The van der Waals surface area contributed by atoms with Crippen molar-refractivity contribution in [3.05, 3.63) is 60.5 Å². The normalized spacial score (nSPS) is 19.2. The zero-order valence-electron chi connectivity index (χ0n) is 18.5. The summed E-state index contributed by atoms with van der Waals surface area (Å²) in [5, 5.41) is 22.0. The van der Waals surface area contributed by atoms with Crippen LogP contribution in [0.15, 0.2) is 59.3 Å². The molecule has 0 radical (unpaired) electrons. The number of anilines is 3. The Balaban J connectivity index is 1.34. The SMILES string of the molecule is C[C@]1(C(O)C(=O)Nc2ccc3c(N)noc3c2)OCCN(c2ccn(-c3ccc(F)cc3)n2)C1=O. The van der Waals surface area contributed by atoms with Crippen molar-refractivity contribution in [2.45, 2.75) is 18.6 Å². The first-order valence-electron chi connectivity index (χ1n) is 10.7. The molecule has 1 fully saturated rings. The van der Waals surface area contributed by atoms with Gasteiger partial charge in [0.05, 0.1) is 24.2 Å². The van der Waals surface area contributed by atoms with Crippen LogP contribution in [0, 0.1) is 5.82 Å². The number of amides is 2. The third-order valence-corrected chi connectivity index (χ3v) is 5.87. The van der Waals surface area contributed by atoms with Gasteiger partial charge in [-0.05, 0) is 43.3 Å². The average molecular weight is 480 g/mol. The highest BCUT2D eigenvalue weighted by atomic mass is 19.1. The van der Waals surface area contributed by atoms with Crippen LogP contribution >= 0.6 is 0 Å². The van der Waals surface area contributed by atoms with E-state index in [1.807, 2.05) is 0 Å². The lowest BCUT2D eigenvalue weighted by molar-refractivity contribution is -0.170. The van der Waals surface area contributed by atoms with Gasteiger partial charge in [-0.2, -0.15) is 0 Å². The van der Waals surface area contributed by atoms with Gasteiger partial charge in [0.2, 0.25) is 0 Å². The van der Waals surface area contributed by atoms with Crippen molar-refractivity contribution in [2.24, 2.45) is 0 Å². The van der Waals surface area contributed by atoms with Gasteiger partial charge in [0.25, 0.3) is 11.8 Å². The van der Waals surface area contributed by atoms with Gasteiger partial charge >= 0.3 is 0 Å². The molecule has 3 heterocycles. The monoisotopic (exact) mass is 480 g/mol. The third kappa shape index (κ3) is 3.98. The van der Waals surface area contributed by atoms with Gasteiger partial charge < -0.3 is 25.4 Å². The van der Waals surface area contributed by atoms with Gasteiger partial charge in [-0.1, -0.05) is 5.16 Å². The first-order chi connectivity index (χ1) is 16.8. The third-order valence-electron chi connectivity index (χ3n) is 5.87. The van der Waals surface area contributed by atoms with Gasteiger partial charge in [-0.25, -0.2) is 9.07 Å². The summed E-state index contributed by atoms with van der Waals surface area (Å²) in [6.07, 6.45) is -0.203. The van der Waals surface area contributed by atoms with Crippen LogP contribution < -0.4 is 16.0 Å². The summed E-state index contributed by atoms with van der Waals surface area (Å²) < 4.78 is 25.4. The number of hydrogen-bond acceptors (Lipinski definition) is 8. The van der Waals surface area contributed by atoms with Crippen LogP contribution in [0.3, 0.4) is 0 Å². The Morgan fingerprint density at radius 3 is 2.80 bits per heavy atom. The topological polar surface area (TPSA) is 149 Å². The van der Waals surface area contributed by atoms with Crippen molar-refractivity contribution < 1.29 is 28.3 Å². The van der Waals surface area contributed by atoms with Gasteiger partial charge in [0, 0.05) is 24.0 Å². The molecule has 0 saturated carbocycles. The maximum Gasteiger partial charge on any atom is 0.263 e. The standard InChI is InChI=1S/C23H21FN6O5/c1-23(19(31)21(32)26-14-4-7-16-17(12-14)35-28-20(16)25)22(33)29(10-11-34-23)18-8-9-30(27-18)15-5-2-13(24)3-6-15/h2-9,12,19,31H,10-11H2,1H3,(H2,25,28)(H,26,32)/t19?,23-/m1/s1. The second-order valence-corrected chi connectivity index (χ2v) is 8.18. The van der Waals surface area contributed by atoms with E-state index < -0.39 is 23.5 Å². The zero-order chi connectivity index (χ0) is 24.7. The Kier molecular flexibility index (Phi) is 5.46. The number of nitrogen functional groups attached to an aromatic ring is 1. The fourth-order valence-corrected chi connectivity index (χ4v) is 3.89. The van der Waals surface area contributed by atoms with Crippen LogP contribution in [0.25, 0.3) is 16.7 Å². The van der Waals surface area contributed by atoms with Gasteiger partial charge in [0.1, 0.15) is 5.82 Å². The van der Waals surface area contributed by atoms with E-state index in [0.29, 0.717) is 28.2 Å². The number of carbonyl (C=O) groups excluding carboxylic acids is 2. The molecule has 5 rings (SSSR count). The quantitative estimate of drug-likeness (QED) is 0.392. The van der Waals surface area contributed by atoms with Crippen LogP contribution in [-0.4, -0.2) is 56.7 Å². The molecular weight excluding hydrogens is 459 g/mol. The molecule has 2 aromatic carbocycles. The van der Waals surface area contributed by atoms with Gasteiger partial charge in [0.15, 0.2) is 28.9 Å². The van der Waals surface area contributed by atoms with Gasteiger partial charge in [-0.15, -0.1) is 5.10 Å². The summed E-state index contributed by atoms with van der Waals surface area (Å²) in [6, 6.07) is 12.0. The van der Waals surface area contributed by atoms with E-state index in [9.17, 15) is 19.1 Å². The van der Waals surface area contributed by atoms with Crippen LogP contribution in [-0.2, 0) is 14.3 Å². The maximum absolute atomic E-state index is 13.3. The minimum absolute atomic E-state index is 0.0687. The second kappa shape index (κ2) is 8.49. The van der Waals surface area contributed by atoms with E-state index in [1.165, 1.54) is 34.7 Å². The number of nitrogens with zero attached hydrogens (tertiary/aromatic N) is 4. The number of halogens is 1. The Bertz CT molecular complexity index is 1420. The Labute approximate surface area is 197 Å². The summed E-state index contributed by atoms with van der Waals surface area (Å²) in [6.45, 7) is 1.59. The Morgan fingerprint density at radius 2 is 2.03 bits per heavy atom. The Hall–Kier alpha value is -4.29. The number of aromatic nitrogens is 3. The predicted molar refractivity (Wildman–Crippen MR) is 123 cm³/mol. The fraction of sp³-hybridized carbons (Fsp3) is 0.217. The lowest BCUT2D eigenvalue weighted by Gasteiger charge is -2.40. The van der Waals surface area contributed by atoms with E-state index in [2.05, 4.69) is 15.6 Å². The highest BCUT2D eigenvalue weighted by molar-refractivity contribution is 6.06. The molecule has 1 unspecified atom stereocenters. The van der Waals surface area contributed by atoms with Crippen molar-refractivity contribution in [3.63, 3.8) is 0 Å². The summed E-state index contributed by atoms with van der Waals surface area (Å²) in [5.74, 6) is -1.33. The number of carbonyl (C=O) groups is 2. The van der Waals surface area contributed by atoms with Crippen molar-refractivity contribution in [1.29, 1.82) is 0 Å². The largest absolute Gasteiger partial charge is 0.380 e. The molecule has 11 nitrogen and oxygen atoms in total. The summed E-state index contributed by atoms with van der Waals surface area (Å²) in [7, 11) is 0. The lowest BCUT2D eigenvalue weighted by Crippen LogP contribution is -2.63. The molecule has 1 saturated heterocycles. The van der Waals surface area contributed by atoms with Crippen molar-refractivity contribution in [1.82, 2.24) is 14.9 Å². The molecule has 4 N–H and O–H groups in total. The number of ether oxygens (including phenoxy) is 1. The summed E-state index contributed by atoms with van der Waals surface area (Å²) >= 11 is 0. The molecule has 35 heavy (non-hydrogen) atoms. The molecule has 180 valence electrons. The number of rotatable bonds is 5. The molecule has 2 aromatic heterocycles.